The highest BCUT2D eigenvalue weighted by molar-refractivity contribution is 6.37. The monoisotopic (exact) mass is 568 g/mol. The maximum absolute atomic E-state index is 5.28. The molecule has 6 nitrogen and oxygen atoms in total. The molecule has 0 aliphatic rings. The van der Waals surface area contributed by atoms with Crippen LogP contribution in [0, 0.1) is 0 Å². The maximum Gasteiger partial charge on any atom is 0.220 e. The summed E-state index contributed by atoms with van der Waals surface area (Å²) < 4.78 is 9.68. The third kappa shape index (κ3) is 2.42. The van der Waals surface area contributed by atoms with Crippen molar-refractivity contribution in [1.29, 1.82) is 0 Å². The molecule has 0 aliphatic heterocycles. The van der Waals surface area contributed by atoms with Crippen LogP contribution in [-0.4, -0.2) is 27.6 Å². The molecule has 0 radical (unpaired) electrons. The molecule has 0 amide bonds. The molecule has 6 heterocycles. The van der Waals surface area contributed by atoms with Crippen molar-refractivity contribution in [2.24, 2.45) is 0 Å². The molecular weight excluding hydrogens is 540 g/mol. The predicted molar refractivity (Wildman–Crippen MR) is 181 cm³/mol. The molecule has 0 N–H and O–H groups in total. The van der Waals surface area contributed by atoms with Crippen molar-refractivity contribution in [1.82, 2.24) is 27.6 Å². The fourth-order valence-corrected chi connectivity index (χ4v) is 8.12. The Hall–Kier alpha value is -5.36. The van der Waals surface area contributed by atoms with E-state index in [9.17, 15) is 0 Å². The molecule has 0 aliphatic carbocycles. The Morgan fingerprint density at radius 2 is 0.841 bits per heavy atom. The first-order chi connectivity index (χ1) is 21.5. The van der Waals surface area contributed by atoms with Gasteiger partial charge in [0.15, 0.2) is 0 Å². The molecule has 0 spiro atoms. The zero-order valence-corrected chi connectivity index (χ0v) is 24.9. The highest BCUT2D eigenvalue weighted by Gasteiger charge is 2.31. The molecule has 44 heavy (non-hydrogen) atoms. The molecular formula is C38H28N6. The normalized spacial score (nSPS) is 13.4. The molecule has 11 aromatic rings. The quantitative estimate of drug-likeness (QED) is 0.208. The average Bonchev–Trinajstić information content (AvgIpc) is 3.84. The van der Waals surface area contributed by atoms with Crippen LogP contribution in [0.25, 0.3) is 88.3 Å². The van der Waals surface area contributed by atoms with Crippen LogP contribution in [0.1, 0.15) is 50.7 Å². The minimum absolute atomic E-state index is 0.424. The molecule has 6 heteroatoms. The van der Waals surface area contributed by atoms with Crippen molar-refractivity contribution in [2.45, 2.75) is 39.5 Å². The fourth-order valence-electron chi connectivity index (χ4n) is 8.12. The van der Waals surface area contributed by atoms with Crippen LogP contribution in [0.2, 0.25) is 0 Å². The van der Waals surface area contributed by atoms with Crippen LogP contribution in [-0.2, 0) is 0 Å². The van der Waals surface area contributed by atoms with Gasteiger partial charge in [0.05, 0.1) is 55.2 Å². The number of benzene rings is 5. The zero-order valence-electron chi connectivity index (χ0n) is 24.9. The number of aromatic nitrogens is 6. The van der Waals surface area contributed by atoms with Crippen molar-refractivity contribution in [2.75, 3.05) is 0 Å². The minimum Gasteiger partial charge on any atom is -0.277 e. The van der Waals surface area contributed by atoms with E-state index in [1.165, 1.54) is 65.8 Å². The Balaban J connectivity index is 1.57. The number of fused-ring (bicyclic) bond motifs is 18. The van der Waals surface area contributed by atoms with Crippen molar-refractivity contribution in [3.63, 3.8) is 0 Å². The summed E-state index contributed by atoms with van der Waals surface area (Å²) in [6.07, 6.45) is 0. The third-order valence-electron chi connectivity index (χ3n) is 10.2. The molecule has 0 fully saturated rings. The van der Waals surface area contributed by atoms with E-state index in [0.29, 0.717) is 11.8 Å². The van der Waals surface area contributed by atoms with E-state index in [1.54, 1.807) is 0 Å². The van der Waals surface area contributed by atoms with E-state index in [0.717, 1.165) is 33.6 Å². The van der Waals surface area contributed by atoms with Gasteiger partial charge in [-0.25, -0.2) is 9.97 Å². The second-order valence-electron chi connectivity index (χ2n) is 13.1. The van der Waals surface area contributed by atoms with Crippen molar-refractivity contribution < 1.29 is 0 Å². The summed E-state index contributed by atoms with van der Waals surface area (Å²) in [5.74, 6) is 2.78. The Morgan fingerprint density at radius 3 is 1.25 bits per heavy atom. The molecule has 0 bridgehead atoms. The second kappa shape index (κ2) is 7.40. The standard InChI is InChI=1S/C38H28N6/c1-19(2)21-13-15-27-23(17-21)31-33-36(44-30-12-8-6-10-26(30)39-37(44)41(27)33)32-24-18-22(20(3)4)14-16-28(24)42-34(32)35(31)43-29-11-7-5-9-25(29)40-38(42)43/h5-20H,1-4H3. The third-order valence-corrected chi connectivity index (χ3v) is 10.2. The van der Waals surface area contributed by atoms with Crippen LogP contribution in [0.3, 0.4) is 0 Å². The Labute approximate surface area is 251 Å². The smallest absolute Gasteiger partial charge is 0.220 e. The van der Waals surface area contributed by atoms with Crippen LogP contribution in [0.5, 0.6) is 0 Å². The first-order valence-corrected chi connectivity index (χ1v) is 15.6. The van der Waals surface area contributed by atoms with Gasteiger partial charge >= 0.3 is 0 Å². The maximum atomic E-state index is 5.28. The largest absolute Gasteiger partial charge is 0.277 e. The van der Waals surface area contributed by atoms with E-state index >= 15 is 0 Å². The van der Waals surface area contributed by atoms with Crippen LogP contribution < -0.4 is 0 Å². The van der Waals surface area contributed by atoms with Gasteiger partial charge in [-0.1, -0.05) is 64.1 Å². The summed E-state index contributed by atoms with van der Waals surface area (Å²) in [5, 5.41) is 5.09. The van der Waals surface area contributed by atoms with Gasteiger partial charge in [0.1, 0.15) is 0 Å². The van der Waals surface area contributed by atoms with Crippen LogP contribution in [0.15, 0.2) is 84.9 Å². The lowest BCUT2D eigenvalue weighted by Crippen LogP contribution is -1.90. The minimum atomic E-state index is 0.424. The molecule has 0 unspecified atom stereocenters. The highest BCUT2D eigenvalue weighted by Crippen LogP contribution is 2.49. The fraction of sp³-hybridized carbons (Fsp3) is 0.158. The Morgan fingerprint density at radius 1 is 0.455 bits per heavy atom. The molecule has 6 aromatic heterocycles. The topological polar surface area (TPSA) is 43.4 Å². The second-order valence-corrected chi connectivity index (χ2v) is 13.1. The van der Waals surface area contributed by atoms with Gasteiger partial charge in [-0.2, -0.15) is 0 Å². The van der Waals surface area contributed by atoms with E-state index in [4.69, 9.17) is 9.97 Å². The van der Waals surface area contributed by atoms with E-state index in [-0.39, 0.29) is 0 Å². The first-order valence-electron chi connectivity index (χ1n) is 15.6. The Bertz CT molecular complexity index is 2790. The van der Waals surface area contributed by atoms with Crippen LogP contribution >= 0.6 is 0 Å². The summed E-state index contributed by atoms with van der Waals surface area (Å²) in [7, 11) is 0. The summed E-state index contributed by atoms with van der Waals surface area (Å²) in [6, 6.07) is 31.2. The van der Waals surface area contributed by atoms with Crippen molar-refractivity contribution >= 4 is 88.3 Å². The number of hydrogen-bond donors (Lipinski definition) is 0. The number of nitrogens with zero attached hydrogens (tertiary/aromatic N) is 6. The number of para-hydroxylation sites is 4. The number of hydrogen-bond acceptors (Lipinski definition) is 2. The lowest BCUT2D eigenvalue weighted by molar-refractivity contribution is 0.868. The van der Waals surface area contributed by atoms with Crippen LogP contribution in [0.4, 0.5) is 0 Å². The average molecular weight is 569 g/mol. The molecule has 0 saturated carbocycles. The molecule has 0 saturated heterocycles. The van der Waals surface area contributed by atoms with Gasteiger partial charge < -0.3 is 0 Å². The molecule has 0 atom stereocenters. The number of rotatable bonds is 2. The van der Waals surface area contributed by atoms with E-state index in [2.05, 4.69) is 130 Å². The van der Waals surface area contributed by atoms with Gasteiger partial charge in [0.2, 0.25) is 11.6 Å². The molecule has 11 rings (SSSR count). The zero-order chi connectivity index (χ0) is 29.2. The summed E-state index contributed by atoms with van der Waals surface area (Å²) in [4.78, 5) is 10.6. The molecule has 210 valence electrons. The predicted octanol–water partition coefficient (Wildman–Crippen LogP) is 9.53. The number of imidazole rings is 4. The lowest BCUT2D eigenvalue weighted by Gasteiger charge is -2.07. The first kappa shape index (κ1) is 23.1. The lowest BCUT2D eigenvalue weighted by atomic mass is 9.98. The van der Waals surface area contributed by atoms with Crippen molar-refractivity contribution in [3.05, 3.63) is 96.1 Å². The highest BCUT2D eigenvalue weighted by atomic mass is 15.2. The van der Waals surface area contributed by atoms with Gasteiger partial charge in [0.25, 0.3) is 0 Å². The summed E-state index contributed by atoms with van der Waals surface area (Å²) in [6.45, 7) is 9.11. The Kier molecular flexibility index (Phi) is 3.89. The van der Waals surface area contributed by atoms with E-state index < -0.39 is 0 Å². The SMILES string of the molecule is CC(C)c1ccc2c(c1)c1c3c4c(c5cc(C(C)C)ccc5n4c4nc5ccccc5n34)c3c1n2c1nc2ccccc2n31. The molecule has 5 aromatic carbocycles. The summed E-state index contributed by atoms with van der Waals surface area (Å²) >= 11 is 0. The van der Waals surface area contributed by atoms with Gasteiger partial charge in [0, 0.05) is 21.5 Å². The summed E-state index contributed by atoms with van der Waals surface area (Å²) in [5.41, 5.74) is 14.3. The van der Waals surface area contributed by atoms with E-state index in [1.807, 2.05) is 0 Å². The van der Waals surface area contributed by atoms with Gasteiger partial charge in [-0.05, 0) is 71.5 Å². The van der Waals surface area contributed by atoms with Crippen molar-refractivity contribution in [3.8, 4) is 0 Å². The van der Waals surface area contributed by atoms with Gasteiger partial charge in [-0.15, -0.1) is 0 Å². The van der Waals surface area contributed by atoms with Gasteiger partial charge in [-0.3, -0.25) is 17.6 Å².